The lowest BCUT2D eigenvalue weighted by molar-refractivity contribution is 0.769. The van der Waals surface area contributed by atoms with Gasteiger partial charge in [0.15, 0.2) is 0 Å². The first kappa shape index (κ1) is 40.2. The summed E-state index contributed by atoms with van der Waals surface area (Å²) in [6.45, 7) is 9.11. The van der Waals surface area contributed by atoms with Gasteiger partial charge in [0, 0.05) is 0 Å². The Labute approximate surface area is 399 Å². The molecule has 11 aromatic rings. The molecule has 0 heterocycles. The standard InChI is InChI=1S/C68H50/c1-43-37-57-58(38-44(43)2)66(48-34-36-56-54-30-18-20-32-62(54)68(64(56)42-48,51-25-13-7-14-26-51)52-27-15-8-16-28-52)60-40-46(4)45(3)39-59(60)65(57)47-33-35-55-53-29-17-19-31-61(53)67(63(55)41-47,49-21-9-5-10-22-49)50-23-11-6-12-24-50/h5-42H,1-4H3. The molecule has 0 aliphatic heterocycles. The topological polar surface area (TPSA) is 0 Å². The maximum Gasteiger partial charge on any atom is 0.0713 e. The second kappa shape index (κ2) is 15.2. The van der Waals surface area contributed by atoms with Crippen molar-refractivity contribution in [3.63, 3.8) is 0 Å². The number of aryl methyl sites for hydroxylation is 4. The van der Waals surface area contributed by atoms with E-state index in [1.54, 1.807) is 0 Å². The van der Waals surface area contributed by atoms with Crippen LogP contribution in [0, 0.1) is 27.7 Å². The van der Waals surface area contributed by atoms with Crippen molar-refractivity contribution in [2.45, 2.75) is 38.5 Å². The van der Waals surface area contributed by atoms with E-state index < -0.39 is 10.8 Å². The van der Waals surface area contributed by atoms with Crippen molar-refractivity contribution in [3.8, 4) is 44.5 Å². The molecule has 0 N–H and O–H groups in total. The van der Waals surface area contributed by atoms with Crippen molar-refractivity contribution >= 4 is 21.5 Å². The van der Waals surface area contributed by atoms with Gasteiger partial charge in [-0.3, -0.25) is 0 Å². The number of hydrogen-bond acceptors (Lipinski definition) is 0. The number of hydrogen-bond donors (Lipinski definition) is 0. The summed E-state index contributed by atoms with van der Waals surface area (Å²) in [6, 6.07) is 87.5. The van der Waals surface area contributed by atoms with E-state index in [1.165, 1.54) is 133 Å². The number of benzene rings is 11. The monoisotopic (exact) mass is 866 g/mol. The van der Waals surface area contributed by atoms with Crippen molar-refractivity contribution in [3.05, 3.63) is 297 Å². The lowest BCUT2D eigenvalue weighted by Crippen LogP contribution is -2.28. The highest BCUT2D eigenvalue weighted by Gasteiger charge is 2.47. The smallest absolute Gasteiger partial charge is 0.0622 e. The van der Waals surface area contributed by atoms with Crippen molar-refractivity contribution in [1.82, 2.24) is 0 Å². The van der Waals surface area contributed by atoms with Crippen LogP contribution in [0.5, 0.6) is 0 Å². The molecule has 0 fully saturated rings. The molecule has 0 spiro atoms. The molecule has 0 aromatic heterocycles. The average molecular weight is 867 g/mol. The van der Waals surface area contributed by atoms with Gasteiger partial charge >= 0.3 is 0 Å². The predicted molar refractivity (Wildman–Crippen MR) is 286 cm³/mol. The summed E-state index contributed by atoms with van der Waals surface area (Å²) in [5, 5.41) is 5.11. The Morgan fingerprint density at radius 3 is 0.809 bits per heavy atom. The van der Waals surface area contributed by atoms with Crippen molar-refractivity contribution in [2.75, 3.05) is 0 Å². The maximum absolute atomic E-state index is 2.55. The second-order valence-electron chi connectivity index (χ2n) is 19.3. The molecule has 322 valence electrons. The van der Waals surface area contributed by atoms with E-state index in [1.807, 2.05) is 0 Å². The molecule has 2 aliphatic rings. The average Bonchev–Trinajstić information content (AvgIpc) is 3.85. The summed E-state index contributed by atoms with van der Waals surface area (Å²) >= 11 is 0. The van der Waals surface area contributed by atoms with Gasteiger partial charge in [0.25, 0.3) is 0 Å². The molecule has 0 radical (unpaired) electrons. The minimum Gasteiger partial charge on any atom is -0.0622 e. The molecule has 0 saturated heterocycles. The lowest BCUT2D eigenvalue weighted by atomic mass is 9.67. The third-order valence-corrected chi connectivity index (χ3v) is 15.8. The van der Waals surface area contributed by atoms with E-state index in [4.69, 9.17) is 0 Å². The zero-order valence-corrected chi connectivity index (χ0v) is 38.9. The van der Waals surface area contributed by atoms with E-state index >= 15 is 0 Å². The summed E-state index contributed by atoms with van der Waals surface area (Å²) in [4.78, 5) is 0. The molecule has 11 aromatic carbocycles. The van der Waals surface area contributed by atoms with Crippen molar-refractivity contribution < 1.29 is 0 Å². The van der Waals surface area contributed by atoms with Crippen LogP contribution in [0.1, 0.15) is 66.8 Å². The van der Waals surface area contributed by atoms with Gasteiger partial charge in [0.2, 0.25) is 0 Å². The fourth-order valence-electron chi connectivity index (χ4n) is 12.6. The van der Waals surface area contributed by atoms with E-state index in [-0.39, 0.29) is 0 Å². The third kappa shape index (κ3) is 5.55. The molecule has 13 rings (SSSR count). The molecule has 2 aliphatic carbocycles. The van der Waals surface area contributed by atoms with Gasteiger partial charge in [0.1, 0.15) is 0 Å². The minimum atomic E-state index is -0.499. The molecule has 0 heteroatoms. The van der Waals surface area contributed by atoms with E-state index in [0.717, 1.165) is 0 Å². The fraction of sp³-hybridized carbons (Fsp3) is 0.0882. The molecule has 0 amide bonds. The molecule has 0 atom stereocenters. The largest absolute Gasteiger partial charge is 0.0713 e. The van der Waals surface area contributed by atoms with Crippen LogP contribution in [0.3, 0.4) is 0 Å². The highest BCUT2D eigenvalue weighted by Crippen LogP contribution is 2.59. The van der Waals surface area contributed by atoms with E-state index in [2.05, 4.69) is 258 Å². The normalized spacial score (nSPS) is 13.8. The number of rotatable bonds is 6. The zero-order chi connectivity index (χ0) is 45.7. The van der Waals surface area contributed by atoms with E-state index in [9.17, 15) is 0 Å². The second-order valence-corrected chi connectivity index (χ2v) is 19.3. The first-order valence-corrected chi connectivity index (χ1v) is 24.1. The first-order chi connectivity index (χ1) is 33.4. The molecule has 0 saturated carbocycles. The Morgan fingerprint density at radius 2 is 0.500 bits per heavy atom. The van der Waals surface area contributed by atoms with Gasteiger partial charge < -0.3 is 0 Å². The van der Waals surface area contributed by atoms with Gasteiger partial charge in [-0.05, 0) is 173 Å². The van der Waals surface area contributed by atoms with Crippen LogP contribution in [-0.4, -0.2) is 0 Å². The minimum absolute atomic E-state index is 0.499. The fourth-order valence-corrected chi connectivity index (χ4v) is 12.6. The lowest BCUT2D eigenvalue weighted by Gasteiger charge is -2.34. The van der Waals surface area contributed by atoms with Crippen LogP contribution in [0.4, 0.5) is 0 Å². The Kier molecular flexibility index (Phi) is 9.02. The maximum atomic E-state index is 2.55. The Morgan fingerprint density at radius 1 is 0.235 bits per heavy atom. The number of fused-ring (bicyclic) bond motifs is 8. The van der Waals surface area contributed by atoms with Crippen LogP contribution in [0.2, 0.25) is 0 Å². The Balaban J connectivity index is 1.13. The van der Waals surface area contributed by atoms with Crippen molar-refractivity contribution in [1.29, 1.82) is 0 Å². The van der Waals surface area contributed by atoms with Crippen LogP contribution in [0.15, 0.2) is 231 Å². The van der Waals surface area contributed by atoms with Crippen LogP contribution in [0.25, 0.3) is 66.1 Å². The summed E-state index contributed by atoms with van der Waals surface area (Å²) in [7, 11) is 0. The van der Waals surface area contributed by atoms with Crippen LogP contribution in [-0.2, 0) is 10.8 Å². The van der Waals surface area contributed by atoms with Gasteiger partial charge in [-0.2, -0.15) is 0 Å². The van der Waals surface area contributed by atoms with Crippen molar-refractivity contribution in [2.24, 2.45) is 0 Å². The Hall–Kier alpha value is -8.06. The Bertz CT molecular complexity index is 3400. The quantitative estimate of drug-likeness (QED) is 0.146. The summed E-state index contributed by atoms with van der Waals surface area (Å²) in [5.74, 6) is 0. The van der Waals surface area contributed by atoms with Gasteiger partial charge in [-0.1, -0.05) is 218 Å². The molecular formula is C68H50. The third-order valence-electron chi connectivity index (χ3n) is 15.8. The summed E-state index contributed by atoms with van der Waals surface area (Å²) < 4.78 is 0. The summed E-state index contributed by atoms with van der Waals surface area (Å²) in [6.07, 6.45) is 0. The molecule has 0 unspecified atom stereocenters. The zero-order valence-electron chi connectivity index (χ0n) is 38.9. The van der Waals surface area contributed by atoms with Crippen LogP contribution < -0.4 is 0 Å². The molecule has 0 bridgehead atoms. The molecule has 0 nitrogen and oxygen atoms in total. The van der Waals surface area contributed by atoms with Crippen LogP contribution >= 0.6 is 0 Å². The highest BCUT2D eigenvalue weighted by molar-refractivity contribution is 6.22. The van der Waals surface area contributed by atoms with Gasteiger partial charge in [0.05, 0.1) is 10.8 Å². The highest BCUT2D eigenvalue weighted by atomic mass is 14.5. The van der Waals surface area contributed by atoms with Gasteiger partial charge in [-0.15, -0.1) is 0 Å². The predicted octanol–water partition coefficient (Wildman–Crippen LogP) is 17.3. The summed E-state index contributed by atoms with van der Waals surface area (Å²) in [5.41, 5.74) is 24.8. The SMILES string of the molecule is Cc1cc2c(-c3ccc4c(c3)C(c3ccccc3)(c3ccccc3)c3ccccc3-4)c3cc(C)c(C)cc3c(-c3ccc4c(c3)C(c3ccccc3)(c3ccccc3)c3ccccc3-4)c2cc1C. The van der Waals surface area contributed by atoms with E-state index in [0.29, 0.717) is 0 Å². The molecule has 68 heavy (non-hydrogen) atoms. The molecular weight excluding hydrogens is 817 g/mol. The first-order valence-electron chi connectivity index (χ1n) is 24.1. The van der Waals surface area contributed by atoms with Gasteiger partial charge in [-0.25, -0.2) is 0 Å².